The second-order valence-corrected chi connectivity index (χ2v) is 9.51. The Bertz CT molecular complexity index is 955. The van der Waals surface area contributed by atoms with Gasteiger partial charge in [0.1, 0.15) is 5.75 Å². The van der Waals surface area contributed by atoms with Crippen LogP contribution >= 0.6 is 11.3 Å². The maximum Gasteiger partial charge on any atom is 0.250 e. The number of hydrogen-bond donors (Lipinski definition) is 0. The van der Waals surface area contributed by atoms with Crippen LogP contribution in [0.2, 0.25) is 0 Å². The summed E-state index contributed by atoms with van der Waals surface area (Å²) in [5, 5.41) is 6.32. The van der Waals surface area contributed by atoms with Crippen LogP contribution in [0.5, 0.6) is 5.75 Å². The van der Waals surface area contributed by atoms with Crippen molar-refractivity contribution in [3.05, 3.63) is 70.0 Å². The summed E-state index contributed by atoms with van der Waals surface area (Å²) >= 11 is 1.88. The van der Waals surface area contributed by atoms with Crippen molar-refractivity contribution in [3.63, 3.8) is 0 Å². The maximum atomic E-state index is 5.43. The Balaban J connectivity index is 1.30. The van der Waals surface area contributed by atoms with Gasteiger partial charge in [0.2, 0.25) is 5.89 Å². The summed E-state index contributed by atoms with van der Waals surface area (Å²) in [6.45, 7) is 0. The van der Waals surface area contributed by atoms with Gasteiger partial charge in [-0.1, -0.05) is 29.4 Å². The van der Waals surface area contributed by atoms with Crippen molar-refractivity contribution < 1.29 is 9.26 Å². The van der Waals surface area contributed by atoms with Gasteiger partial charge in [-0.3, -0.25) is 0 Å². The predicted octanol–water partition coefficient (Wildman–Crippen LogP) is 5.85. The standard InChI is InChI=1S/C25H31N3O2S/c1-28(2)25(22-5-4-16-31-22)20-11-6-18(7-12-20)10-15-24-26-23(27-30-24)17-19-8-13-21(29-3)14-9-19/h4-5,8-10,13-16,18,20,25H,6-7,11-12,17H2,1-3H3. The maximum absolute atomic E-state index is 5.43. The van der Waals surface area contributed by atoms with Gasteiger partial charge < -0.3 is 14.2 Å². The van der Waals surface area contributed by atoms with Gasteiger partial charge in [-0.25, -0.2) is 0 Å². The fourth-order valence-electron chi connectivity index (χ4n) is 4.57. The predicted molar refractivity (Wildman–Crippen MR) is 125 cm³/mol. The number of thiophene rings is 1. The third-order valence-electron chi connectivity index (χ3n) is 6.17. The largest absolute Gasteiger partial charge is 0.497 e. The molecule has 0 radical (unpaired) electrons. The minimum absolute atomic E-state index is 0.529. The SMILES string of the molecule is COc1ccc(Cc2noc(C=CC3CCC(C(c4cccs4)N(C)C)CC3)n2)cc1. The van der Waals surface area contributed by atoms with Crippen molar-refractivity contribution in [1.29, 1.82) is 0 Å². The minimum atomic E-state index is 0.529. The summed E-state index contributed by atoms with van der Waals surface area (Å²) in [7, 11) is 6.08. The molecule has 0 bridgehead atoms. The second-order valence-electron chi connectivity index (χ2n) is 8.53. The molecule has 5 nitrogen and oxygen atoms in total. The van der Waals surface area contributed by atoms with E-state index in [1.54, 1.807) is 7.11 Å². The molecule has 0 spiro atoms. The van der Waals surface area contributed by atoms with E-state index in [1.807, 2.05) is 41.7 Å². The van der Waals surface area contributed by atoms with E-state index in [0.29, 0.717) is 30.1 Å². The molecule has 164 valence electrons. The molecule has 1 fully saturated rings. The van der Waals surface area contributed by atoms with Crippen molar-refractivity contribution in [2.75, 3.05) is 21.2 Å². The first kappa shape index (κ1) is 21.8. The molecule has 4 rings (SSSR count). The summed E-state index contributed by atoms with van der Waals surface area (Å²) in [5.41, 5.74) is 1.14. The summed E-state index contributed by atoms with van der Waals surface area (Å²) in [4.78, 5) is 8.40. The van der Waals surface area contributed by atoms with Gasteiger partial charge in [-0.05, 0) is 86.8 Å². The van der Waals surface area contributed by atoms with Crippen LogP contribution in [0, 0.1) is 11.8 Å². The highest BCUT2D eigenvalue weighted by molar-refractivity contribution is 7.10. The van der Waals surface area contributed by atoms with Crippen LogP contribution in [0.15, 0.2) is 52.4 Å². The Morgan fingerprint density at radius 3 is 2.58 bits per heavy atom. The quantitative estimate of drug-likeness (QED) is 0.442. The fourth-order valence-corrected chi connectivity index (χ4v) is 5.59. The van der Waals surface area contributed by atoms with E-state index in [1.165, 1.54) is 30.6 Å². The number of nitrogens with zero attached hydrogens (tertiary/aromatic N) is 3. The first-order chi connectivity index (χ1) is 15.1. The first-order valence-electron chi connectivity index (χ1n) is 11.0. The molecular formula is C25H31N3O2S. The highest BCUT2D eigenvalue weighted by Crippen LogP contribution is 2.41. The monoisotopic (exact) mass is 437 g/mol. The van der Waals surface area contributed by atoms with Crippen molar-refractivity contribution >= 4 is 17.4 Å². The zero-order valence-electron chi connectivity index (χ0n) is 18.5. The number of aromatic nitrogens is 2. The molecular weight excluding hydrogens is 406 g/mol. The molecule has 31 heavy (non-hydrogen) atoms. The van der Waals surface area contributed by atoms with Gasteiger partial charge in [0.25, 0.3) is 0 Å². The van der Waals surface area contributed by atoms with Crippen molar-refractivity contribution in [1.82, 2.24) is 15.0 Å². The summed E-state index contributed by atoms with van der Waals surface area (Å²) in [5.74, 6) is 3.45. The third kappa shape index (κ3) is 5.63. The van der Waals surface area contributed by atoms with Crippen LogP contribution in [-0.4, -0.2) is 36.2 Å². The highest BCUT2D eigenvalue weighted by atomic mass is 32.1. The topological polar surface area (TPSA) is 51.4 Å². The lowest BCUT2D eigenvalue weighted by Gasteiger charge is -2.36. The number of allylic oxidation sites excluding steroid dienone is 1. The molecule has 2 aromatic heterocycles. The number of methoxy groups -OCH3 is 1. The zero-order valence-corrected chi connectivity index (χ0v) is 19.3. The van der Waals surface area contributed by atoms with Crippen molar-refractivity contribution in [2.24, 2.45) is 11.8 Å². The molecule has 0 amide bonds. The fraction of sp³-hybridized carbons (Fsp3) is 0.440. The van der Waals surface area contributed by atoms with E-state index < -0.39 is 0 Å². The van der Waals surface area contributed by atoms with Gasteiger partial charge in [-0.2, -0.15) is 4.98 Å². The van der Waals surface area contributed by atoms with Gasteiger partial charge in [0, 0.05) is 17.3 Å². The Kier molecular flexibility index (Phi) is 7.20. The number of rotatable bonds is 8. The average molecular weight is 438 g/mol. The van der Waals surface area contributed by atoms with Gasteiger partial charge >= 0.3 is 0 Å². The third-order valence-corrected chi connectivity index (χ3v) is 7.11. The van der Waals surface area contributed by atoms with E-state index in [-0.39, 0.29) is 0 Å². The van der Waals surface area contributed by atoms with Crippen LogP contribution in [0.4, 0.5) is 0 Å². The normalized spacial score (nSPS) is 20.4. The smallest absolute Gasteiger partial charge is 0.250 e. The highest BCUT2D eigenvalue weighted by Gasteiger charge is 2.29. The van der Waals surface area contributed by atoms with E-state index in [4.69, 9.17) is 9.26 Å². The molecule has 6 heteroatoms. The van der Waals surface area contributed by atoms with Gasteiger partial charge in [0.15, 0.2) is 5.82 Å². The Labute approximate surface area is 188 Å². The second kappa shape index (κ2) is 10.2. The average Bonchev–Trinajstić information content (AvgIpc) is 3.46. The van der Waals surface area contributed by atoms with Crippen LogP contribution in [0.3, 0.4) is 0 Å². The van der Waals surface area contributed by atoms with Crippen molar-refractivity contribution in [2.45, 2.75) is 38.1 Å². The molecule has 0 saturated heterocycles. The number of benzene rings is 1. The molecule has 0 aliphatic heterocycles. The van der Waals surface area contributed by atoms with Crippen LogP contribution < -0.4 is 4.74 Å². The van der Waals surface area contributed by atoms with E-state index >= 15 is 0 Å². The Morgan fingerprint density at radius 2 is 1.94 bits per heavy atom. The molecule has 1 aromatic carbocycles. The number of ether oxygens (including phenoxy) is 1. The van der Waals surface area contributed by atoms with Crippen LogP contribution in [0.25, 0.3) is 6.08 Å². The van der Waals surface area contributed by atoms with E-state index in [0.717, 1.165) is 17.2 Å². The van der Waals surface area contributed by atoms with Crippen LogP contribution in [-0.2, 0) is 6.42 Å². The summed E-state index contributed by atoms with van der Waals surface area (Å²) in [6, 6.07) is 12.9. The molecule has 3 aromatic rings. The summed E-state index contributed by atoms with van der Waals surface area (Å²) in [6.07, 6.45) is 9.84. The lowest BCUT2D eigenvalue weighted by Crippen LogP contribution is -2.29. The Morgan fingerprint density at radius 1 is 1.16 bits per heavy atom. The van der Waals surface area contributed by atoms with E-state index in [9.17, 15) is 0 Å². The minimum Gasteiger partial charge on any atom is -0.497 e. The molecule has 1 unspecified atom stereocenters. The molecule has 1 saturated carbocycles. The number of hydrogen-bond acceptors (Lipinski definition) is 6. The van der Waals surface area contributed by atoms with Crippen molar-refractivity contribution in [3.8, 4) is 5.75 Å². The molecule has 1 aliphatic carbocycles. The van der Waals surface area contributed by atoms with Gasteiger partial charge in [-0.15, -0.1) is 11.3 Å². The lowest BCUT2D eigenvalue weighted by atomic mass is 9.77. The van der Waals surface area contributed by atoms with Crippen LogP contribution in [0.1, 0.15) is 53.9 Å². The molecule has 0 N–H and O–H groups in total. The van der Waals surface area contributed by atoms with Gasteiger partial charge in [0.05, 0.1) is 7.11 Å². The zero-order chi connectivity index (χ0) is 21.6. The first-order valence-corrected chi connectivity index (χ1v) is 11.8. The van der Waals surface area contributed by atoms with E-state index in [2.05, 4.69) is 52.7 Å². The molecule has 1 atom stereocenters. The lowest BCUT2D eigenvalue weighted by molar-refractivity contribution is 0.162. The summed E-state index contributed by atoms with van der Waals surface area (Å²) < 4.78 is 10.6. The molecule has 1 aliphatic rings. The Hall–Kier alpha value is -2.44. The molecule has 2 heterocycles.